The molecule has 1 amide bonds. The summed E-state index contributed by atoms with van der Waals surface area (Å²) in [5, 5.41) is 3.05. The van der Waals surface area contributed by atoms with Crippen molar-refractivity contribution in [2.75, 3.05) is 11.5 Å². The van der Waals surface area contributed by atoms with Gasteiger partial charge in [-0.25, -0.2) is 0 Å². The molecule has 0 saturated carbocycles. The third-order valence-electron chi connectivity index (χ3n) is 3.16. The SMILES string of the molecule is CC(C)CCCC(C)NC(=O)CSc1cc(Br)ccc1N. The molecule has 1 aromatic rings. The van der Waals surface area contributed by atoms with E-state index in [-0.39, 0.29) is 11.9 Å². The van der Waals surface area contributed by atoms with Gasteiger partial charge in [0.05, 0.1) is 5.75 Å². The van der Waals surface area contributed by atoms with E-state index in [4.69, 9.17) is 5.73 Å². The number of anilines is 1. The van der Waals surface area contributed by atoms with Crippen molar-refractivity contribution in [3.8, 4) is 0 Å². The van der Waals surface area contributed by atoms with Crippen molar-refractivity contribution < 1.29 is 4.79 Å². The standard InChI is InChI=1S/C16H25BrN2OS/c1-11(2)5-4-6-12(3)19-16(20)10-21-15-9-13(17)7-8-14(15)18/h7-9,11-12H,4-6,10,18H2,1-3H3,(H,19,20). The van der Waals surface area contributed by atoms with Gasteiger partial charge in [0.1, 0.15) is 0 Å². The first kappa shape index (κ1) is 18.4. The molecule has 1 rings (SSSR count). The first-order valence-electron chi connectivity index (χ1n) is 7.35. The molecular weight excluding hydrogens is 348 g/mol. The smallest absolute Gasteiger partial charge is 0.230 e. The number of rotatable bonds is 8. The highest BCUT2D eigenvalue weighted by molar-refractivity contribution is 9.10. The van der Waals surface area contributed by atoms with Crippen molar-refractivity contribution in [1.82, 2.24) is 5.32 Å². The van der Waals surface area contributed by atoms with Crippen LogP contribution in [-0.4, -0.2) is 17.7 Å². The van der Waals surface area contributed by atoms with Crippen molar-refractivity contribution in [2.24, 2.45) is 5.92 Å². The number of thioether (sulfide) groups is 1. The van der Waals surface area contributed by atoms with Gasteiger partial charge in [0.15, 0.2) is 0 Å². The van der Waals surface area contributed by atoms with E-state index >= 15 is 0 Å². The number of benzene rings is 1. The fourth-order valence-electron chi connectivity index (χ4n) is 2.00. The number of carbonyl (C=O) groups excluding carboxylic acids is 1. The van der Waals surface area contributed by atoms with Gasteiger partial charge in [-0.15, -0.1) is 11.8 Å². The van der Waals surface area contributed by atoms with E-state index < -0.39 is 0 Å². The van der Waals surface area contributed by atoms with Crippen molar-refractivity contribution in [3.05, 3.63) is 22.7 Å². The fraction of sp³-hybridized carbons (Fsp3) is 0.562. The lowest BCUT2D eigenvalue weighted by Gasteiger charge is -2.14. The lowest BCUT2D eigenvalue weighted by molar-refractivity contribution is -0.119. The molecule has 1 atom stereocenters. The number of amides is 1. The van der Waals surface area contributed by atoms with Gasteiger partial charge in [-0.2, -0.15) is 0 Å². The van der Waals surface area contributed by atoms with Gasteiger partial charge in [-0.1, -0.05) is 42.6 Å². The third kappa shape index (κ3) is 7.77. The van der Waals surface area contributed by atoms with Crippen molar-refractivity contribution in [3.63, 3.8) is 0 Å². The van der Waals surface area contributed by atoms with Crippen LogP contribution in [-0.2, 0) is 4.79 Å². The summed E-state index contributed by atoms with van der Waals surface area (Å²) in [4.78, 5) is 12.9. The number of nitrogens with one attached hydrogen (secondary N) is 1. The minimum absolute atomic E-state index is 0.0661. The molecule has 3 nitrogen and oxygen atoms in total. The summed E-state index contributed by atoms with van der Waals surface area (Å²) in [6, 6.07) is 5.92. The summed E-state index contributed by atoms with van der Waals surface area (Å²) >= 11 is 4.89. The Morgan fingerprint density at radius 3 is 2.71 bits per heavy atom. The van der Waals surface area contributed by atoms with Gasteiger partial charge in [-0.05, 0) is 37.5 Å². The minimum Gasteiger partial charge on any atom is -0.398 e. The molecule has 5 heteroatoms. The Bertz CT molecular complexity index is 466. The Labute approximate surface area is 140 Å². The van der Waals surface area contributed by atoms with E-state index in [1.165, 1.54) is 18.2 Å². The van der Waals surface area contributed by atoms with Crippen LogP contribution in [0.5, 0.6) is 0 Å². The monoisotopic (exact) mass is 372 g/mol. The molecule has 0 aliphatic rings. The van der Waals surface area contributed by atoms with Gasteiger partial charge in [-0.3, -0.25) is 4.79 Å². The second-order valence-electron chi connectivity index (χ2n) is 5.76. The number of hydrogen-bond donors (Lipinski definition) is 2. The highest BCUT2D eigenvalue weighted by Crippen LogP contribution is 2.28. The summed E-state index contributed by atoms with van der Waals surface area (Å²) < 4.78 is 0.974. The fourth-order valence-corrected chi connectivity index (χ4v) is 3.32. The molecule has 0 radical (unpaired) electrons. The number of halogens is 1. The van der Waals surface area contributed by atoms with Gasteiger partial charge in [0.25, 0.3) is 0 Å². The predicted molar refractivity (Wildman–Crippen MR) is 95.6 cm³/mol. The zero-order chi connectivity index (χ0) is 15.8. The van der Waals surface area contributed by atoms with Crippen molar-refractivity contribution >= 4 is 39.3 Å². The normalized spacial score (nSPS) is 12.4. The molecule has 0 saturated heterocycles. The molecule has 0 bridgehead atoms. The lowest BCUT2D eigenvalue weighted by atomic mass is 10.0. The van der Waals surface area contributed by atoms with Crippen LogP contribution in [0.3, 0.4) is 0 Å². The van der Waals surface area contributed by atoms with Crippen molar-refractivity contribution in [1.29, 1.82) is 0 Å². The van der Waals surface area contributed by atoms with Crippen LogP contribution < -0.4 is 11.1 Å². The maximum absolute atomic E-state index is 11.9. The average molecular weight is 373 g/mol. The summed E-state index contributed by atoms with van der Waals surface area (Å²) in [5.41, 5.74) is 6.61. The molecule has 0 spiro atoms. The topological polar surface area (TPSA) is 55.1 Å². The molecule has 0 aromatic heterocycles. The van der Waals surface area contributed by atoms with Crippen LogP contribution in [0.25, 0.3) is 0 Å². The Kier molecular flexibility index (Phi) is 8.19. The van der Waals surface area contributed by atoms with E-state index in [0.717, 1.165) is 28.1 Å². The molecule has 118 valence electrons. The Balaban J connectivity index is 2.32. The number of nitrogen functional groups attached to an aromatic ring is 1. The zero-order valence-electron chi connectivity index (χ0n) is 13.0. The van der Waals surface area contributed by atoms with E-state index in [1.54, 1.807) is 0 Å². The van der Waals surface area contributed by atoms with Gasteiger partial charge in [0.2, 0.25) is 5.91 Å². The molecule has 0 aliphatic heterocycles. The van der Waals surface area contributed by atoms with Gasteiger partial charge < -0.3 is 11.1 Å². The van der Waals surface area contributed by atoms with Crippen LogP contribution in [0.1, 0.15) is 40.0 Å². The molecule has 0 heterocycles. The second-order valence-corrected chi connectivity index (χ2v) is 7.70. The highest BCUT2D eigenvalue weighted by atomic mass is 79.9. The number of hydrogen-bond acceptors (Lipinski definition) is 3. The maximum atomic E-state index is 11.9. The van der Waals surface area contributed by atoms with E-state index in [1.807, 2.05) is 18.2 Å². The van der Waals surface area contributed by atoms with Crippen LogP contribution in [0, 0.1) is 5.92 Å². The van der Waals surface area contributed by atoms with E-state index in [9.17, 15) is 4.79 Å². The molecule has 1 unspecified atom stereocenters. The molecule has 0 aliphatic carbocycles. The Hall–Kier alpha value is -0.680. The molecule has 21 heavy (non-hydrogen) atoms. The van der Waals surface area contributed by atoms with Crippen LogP contribution in [0.15, 0.2) is 27.6 Å². The van der Waals surface area contributed by atoms with Crippen LogP contribution in [0.2, 0.25) is 0 Å². The van der Waals surface area contributed by atoms with Crippen molar-refractivity contribution in [2.45, 2.75) is 51.0 Å². The quantitative estimate of drug-likeness (QED) is 0.523. The first-order chi connectivity index (χ1) is 9.88. The molecule has 1 aromatic carbocycles. The maximum Gasteiger partial charge on any atom is 0.230 e. The van der Waals surface area contributed by atoms with Gasteiger partial charge >= 0.3 is 0 Å². The second kappa shape index (κ2) is 9.36. The predicted octanol–water partition coefficient (Wildman–Crippen LogP) is 4.45. The Morgan fingerprint density at radius 1 is 1.33 bits per heavy atom. The number of nitrogens with two attached hydrogens (primary N) is 1. The summed E-state index contributed by atoms with van der Waals surface area (Å²) in [7, 11) is 0. The highest BCUT2D eigenvalue weighted by Gasteiger charge is 2.09. The van der Waals surface area contributed by atoms with E-state index in [2.05, 4.69) is 42.0 Å². The minimum atomic E-state index is 0.0661. The summed E-state index contributed by atoms with van der Waals surface area (Å²) in [6.45, 7) is 6.51. The van der Waals surface area contributed by atoms with E-state index in [0.29, 0.717) is 11.4 Å². The average Bonchev–Trinajstić information content (AvgIpc) is 2.39. The summed E-state index contributed by atoms with van der Waals surface area (Å²) in [5.74, 6) is 1.19. The van der Waals surface area contributed by atoms with Gasteiger partial charge in [0, 0.05) is 21.1 Å². The summed E-state index contributed by atoms with van der Waals surface area (Å²) in [6.07, 6.45) is 3.40. The first-order valence-corrected chi connectivity index (χ1v) is 9.13. The molecule has 0 fully saturated rings. The third-order valence-corrected chi connectivity index (χ3v) is 4.72. The van der Waals surface area contributed by atoms with Crippen LogP contribution >= 0.6 is 27.7 Å². The largest absolute Gasteiger partial charge is 0.398 e. The number of carbonyl (C=O) groups is 1. The molecule has 3 N–H and O–H groups in total. The zero-order valence-corrected chi connectivity index (χ0v) is 15.4. The van der Waals surface area contributed by atoms with Crippen LogP contribution in [0.4, 0.5) is 5.69 Å². The lowest BCUT2D eigenvalue weighted by Crippen LogP contribution is -2.33. The molecular formula is C16H25BrN2OS. The Morgan fingerprint density at radius 2 is 2.05 bits per heavy atom.